The highest BCUT2D eigenvalue weighted by atomic mass is 35.5. The molecule has 5 nitrogen and oxygen atoms in total. The van der Waals surface area contributed by atoms with Crippen molar-refractivity contribution < 1.29 is 17.9 Å². The second kappa shape index (κ2) is 6.97. The van der Waals surface area contributed by atoms with E-state index in [1.807, 2.05) is 0 Å². The van der Waals surface area contributed by atoms with Crippen molar-refractivity contribution in [2.75, 3.05) is 7.11 Å². The Kier molecular flexibility index (Phi) is 5.46. The van der Waals surface area contributed by atoms with E-state index in [1.165, 1.54) is 13.2 Å². The molecule has 0 aliphatic rings. The Balaban J connectivity index is 2.39. The lowest BCUT2D eigenvalue weighted by atomic mass is 10.1. The topological polar surface area (TPSA) is 72.5 Å². The molecule has 2 aromatic rings. The Labute approximate surface area is 141 Å². The van der Waals surface area contributed by atoms with Crippen LogP contribution in [0.2, 0.25) is 8.67 Å². The molecular formula is C13H11Cl2NO4S2. The monoisotopic (exact) mass is 379 g/mol. The largest absolute Gasteiger partial charge is 0.468 e. The van der Waals surface area contributed by atoms with Gasteiger partial charge in [0.25, 0.3) is 0 Å². The van der Waals surface area contributed by atoms with Crippen LogP contribution in [-0.2, 0) is 19.6 Å². The third-order valence-corrected chi connectivity index (χ3v) is 5.93. The summed E-state index contributed by atoms with van der Waals surface area (Å²) >= 11 is 12.6. The number of hydrogen-bond donors (Lipinski definition) is 1. The summed E-state index contributed by atoms with van der Waals surface area (Å²) < 4.78 is 32.0. The van der Waals surface area contributed by atoms with Gasteiger partial charge < -0.3 is 4.74 Å². The molecule has 1 unspecified atom stereocenters. The molecule has 2 rings (SSSR count). The molecule has 0 bridgehead atoms. The number of sulfonamides is 1. The number of benzene rings is 1. The van der Waals surface area contributed by atoms with Gasteiger partial charge in [-0.1, -0.05) is 53.5 Å². The van der Waals surface area contributed by atoms with Gasteiger partial charge in [-0.05, 0) is 11.6 Å². The molecule has 1 aromatic carbocycles. The number of halogens is 2. The molecule has 1 heterocycles. The van der Waals surface area contributed by atoms with Crippen LogP contribution in [-0.4, -0.2) is 21.5 Å². The number of nitrogens with one attached hydrogen (secondary N) is 1. The highest BCUT2D eigenvalue weighted by Crippen LogP contribution is 2.34. The Morgan fingerprint density at radius 2 is 1.91 bits per heavy atom. The number of rotatable bonds is 5. The van der Waals surface area contributed by atoms with Gasteiger partial charge in [-0.25, -0.2) is 13.2 Å². The van der Waals surface area contributed by atoms with Gasteiger partial charge in [-0.3, -0.25) is 0 Å². The average Bonchev–Trinajstić information content (AvgIpc) is 2.84. The van der Waals surface area contributed by atoms with Crippen LogP contribution in [0.5, 0.6) is 0 Å². The standard InChI is InChI=1S/C13H11Cl2NO4S2/c1-20-13(17)11(8-5-3-2-4-6-8)16-22(18,19)9-7-10(14)21-12(9)15/h2-7,11,16H,1H3. The van der Waals surface area contributed by atoms with Crippen molar-refractivity contribution in [1.29, 1.82) is 0 Å². The first-order valence-corrected chi connectivity index (χ1v) is 9.00. The van der Waals surface area contributed by atoms with Crippen molar-refractivity contribution >= 4 is 50.5 Å². The predicted molar refractivity (Wildman–Crippen MR) is 85.9 cm³/mol. The van der Waals surface area contributed by atoms with E-state index in [0.717, 1.165) is 11.3 Å². The van der Waals surface area contributed by atoms with Crippen LogP contribution in [0.1, 0.15) is 11.6 Å². The Bertz CT molecular complexity index is 775. The maximum Gasteiger partial charge on any atom is 0.328 e. The van der Waals surface area contributed by atoms with Gasteiger partial charge >= 0.3 is 5.97 Å². The summed E-state index contributed by atoms with van der Waals surface area (Å²) in [5.41, 5.74) is 0.454. The van der Waals surface area contributed by atoms with Crippen LogP contribution < -0.4 is 4.72 Å². The van der Waals surface area contributed by atoms with E-state index >= 15 is 0 Å². The Hall–Kier alpha value is -1.12. The quantitative estimate of drug-likeness (QED) is 0.809. The summed E-state index contributed by atoms with van der Waals surface area (Å²) in [5.74, 6) is -0.729. The van der Waals surface area contributed by atoms with E-state index in [4.69, 9.17) is 23.2 Å². The van der Waals surface area contributed by atoms with Gasteiger partial charge in [0.1, 0.15) is 15.3 Å². The van der Waals surface area contributed by atoms with Crippen LogP contribution in [0, 0.1) is 0 Å². The zero-order valence-corrected chi connectivity index (χ0v) is 14.4. The molecule has 0 saturated heterocycles. The molecule has 0 spiro atoms. The first-order chi connectivity index (χ1) is 10.3. The molecule has 0 fully saturated rings. The molecule has 22 heavy (non-hydrogen) atoms. The van der Waals surface area contributed by atoms with E-state index in [0.29, 0.717) is 5.56 Å². The molecule has 1 atom stereocenters. The molecule has 0 radical (unpaired) electrons. The summed E-state index contributed by atoms with van der Waals surface area (Å²) in [6.45, 7) is 0. The third kappa shape index (κ3) is 3.80. The number of carbonyl (C=O) groups is 1. The normalized spacial score (nSPS) is 12.9. The third-order valence-electron chi connectivity index (χ3n) is 2.76. The van der Waals surface area contributed by atoms with Gasteiger partial charge in [0, 0.05) is 0 Å². The second-order valence-electron chi connectivity index (χ2n) is 4.18. The first-order valence-electron chi connectivity index (χ1n) is 5.95. The summed E-state index contributed by atoms with van der Waals surface area (Å²) in [6.07, 6.45) is 0. The van der Waals surface area contributed by atoms with Gasteiger partial charge in [0.2, 0.25) is 10.0 Å². The van der Waals surface area contributed by atoms with Crippen molar-refractivity contribution in [3.05, 3.63) is 50.6 Å². The van der Waals surface area contributed by atoms with E-state index < -0.39 is 22.0 Å². The zero-order chi connectivity index (χ0) is 16.3. The molecule has 1 N–H and O–H groups in total. The van der Waals surface area contributed by atoms with Crippen molar-refractivity contribution in [1.82, 2.24) is 4.72 Å². The summed E-state index contributed by atoms with van der Waals surface area (Å²) in [6, 6.07) is 8.42. The van der Waals surface area contributed by atoms with E-state index in [9.17, 15) is 13.2 Å². The zero-order valence-electron chi connectivity index (χ0n) is 11.2. The number of thiophene rings is 1. The van der Waals surface area contributed by atoms with Gasteiger partial charge in [-0.15, -0.1) is 11.3 Å². The predicted octanol–water partition coefficient (Wildman–Crippen LogP) is 3.25. The molecule has 9 heteroatoms. The van der Waals surface area contributed by atoms with Gasteiger partial charge in [-0.2, -0.15) is 4.72 Å². The smallest absolute Gasteiger partial charge is 0.328 e. The number of esters is 1. The van der Waals surface area contributed by atoms with Crippen molar-refractivity contribution in [2.24, 2.45) is 0 Å². The number of carbonyl (C=O) groups excluding carboxylic acids is 1. The summed E-state index contributed by atoms with van der Waals surface area (Å²) in [7, 11) is -2.85. The summed E-state index contributed by atoms with van der Waals surface area (Å²) in [4.78, 5) is 11.7. The van der Waals surface area contributed by atoms with E-state index in [1.54, 1.807) is 30.3 Å². The van der Waals surface area contributed by atoms with Gasteiger partial charge in [0.05, 0.1) is 11.4 Å². The number of methoxy groups -OCH3 is 1. The minimum atomic E-state index is -4.03. The SMILES string of the molecule is COC(=O)C(NS(=O)(=O)c1cc(Cl)sc1Cl)c1ccccc1. The highest BCUT2D eigenvalue weighted by molar-refractivity contribution is 7.89. The molecule has 1 aromatic heterocycles. The lowest BCUT2D eigenvalue weighted by Gasteiger charge is -2.16. The first kappa shape index (κ1) is 17.2. The van der Waals surface area contributed by atoms with Crippen LogP contribution in [0.25, 0.3) is 0 Å². The Morgan fingerprint density at radius 3 is 2.41 bits per heavy atom. The van der Waals surface area contributed by atoms with Gasteiger partial charge in [0.15, 0.2) is 0 Å². The fraction of sp³-hybridized carbons (Fsp3) is 0.154. The molecule has 0 aliphatic heterocycles. The minimum Gasteiger partial charge on any atom is -0.468 e. The van der Waals surface area contributed by atoms with E-state index in [2.05, 4.69) is 9.46 Å². The molecule has 0 amide bonds. The maximum absolute atomic E-state index is 12.4. The fourth-order valence-electron chi connectivity index (χ4n) is 1.74. The van der Waals surface area contributed by atoms with Crippen LogP contribution in [0.4, 0.5) is 0 Å². The fourth-order valence-corrected chi connectivity index (χ4v) is 5.07. The summed E-state index contributed by atoms with van der Waals surface area (Å²) in [5, 5.41) is 0. The van der Waals surface area contributed by atoms with Crippen molar-refractivity contribution in [3.63, 3.8) is 0 Å². The number of ether oxygens (including phenoxy) is 1. The molecule has 118 valence electrons. The number of hydrogen-bond acceptors (Lipinski definition) is 5. The lowest BCUT2D eigenvalue weighted by molar-refractivity contribution is -0.142. The lowest BCUT2D eigenvalue weighted by Crippen LogP contribution is -2.34. The van der Waals surface area contributed by atoms with E-state index in [-0.39, 0.29) is 13.6 Å². The van der Waals surface area contributed by atoms with Crippen LogP contribution >= 0.6 is 34.5 Å². The van der Waals surface area contributed by atoms with Crippen molar-refractivity contribution in [3.8, 4) is 0 Å². The molecule has 0 saturated carbocycles. The Morgan fingerprint density at radius 1 is 1.27 bits per heavy atom. The highest BCUT2D eigenvalue weighted by Gasteiger charge is 2.30. The molecular weight excluding hydrogens is 369 g/mol. The molecule has 0 aliphatic carbocycles. The van der Waals surface area contributed by atoms with Crippen LogP contribution in [0.15, 0.2) is 41.3 Å². The second-order valence-corrected chi connectivity index (χ2v) is 8.14. The average molecular weight is 380 g/mol. The van der Waals surface area contributed by atoms with Crippen LogP contribution in [0.3, 0.4) is 0 Å². The van der Waals surface area contributed by atoms with Crippen molar-refractivity contribution in [2.45, 2.75) is 10.9 Å². The maximum atomic E-state index is 12.4. The minimum absolute atomic E-state index is 0.0224.